The Morgan fingerprint density at radius 3 is 1.41 bits per heavy atom. The van der Waals surface area contributed by atoms with Crippen molar-refractivity contribution in [1.29, 1.82) is 0 Å². The third kappa shape index (κ3) is 7.40. The van der Waals surface area contributed by atoms with Gasteiger partial charge in [-0.15, -0.1) is 0 Å². The van der Waals surface area contributed by atoms with Gasteiger partial charge < -0.3 is 4.74 Å². The molecule has 0 rings (SSSR count). The molecule has 0 fully saturated rings. The minimum Gasteiger partial charge on any atom is -0.483 e. The van der Waals surface area contributed by atoms with Crippen LogP contribution in [0.3, 0.4) is 0 Å². The van der Waals surface area contributed by atoms with Gasteiger partial charge in [0.2, 0.25) is 0 Å². The quantitative estimate of drug-likeness (QED) is 0.426. The van der Waals surface area contributed by atoms with Crippen LogP contribution in [0.25, 0.3) is 0 Å². The predicted molar refractivity (Wildman–Crippen MR) is 75.8 cm³/mol. The minimum atomic E-state index is -1.58. The van der Waals surface area contributed by atoms with E-state index in [1.54, 1.807) is 0 Å². The monoisotopic (exact) mass is 266 g/mol. The van der Waals surface area contributed by atoms with E-state index >= 15 is 0 Å². The first-order valence-corrected chi connectivity index (χ1v) is 12.9. The Bertz CT molecular complexity index is 245. The number of hydrogen-bond acceptors (Lipinski definition) is 2. The first-order chi connectivity index (χ1) is 6.75. The number of ether oxygens (including phenoxy) is 1. The van der Waals surface area contributed by atoms with Crippen LogP contribution in [-0.2, 0) is 9.53 Å². The molecule has 0 aromatic carbocycles. The summed E-state index contributed by atoms with van der Waals surface area (Å²) in [5.41, 5.74) is -0.387. The van der Waals surface area contributed by atoms with E-state index in [2.05, 4.69) is 39.3 Å². The van der Waals surface area contributed by atoms with Gasteiger partial charge in [0.25, 0.3) is 0 Å². The normalized spacial score (nSPS) is 12.8. The first kappa shape index (κ1) is 19.7. The van der Waals surface area contributed by atoms with E-state index < -0.39 is 16.1 Å². The summed E-state index contributed by atoms with van der Waals surface area (Å²) in [5.74, 6) is -0.0502. The Hall–Kier alpha value is 0.371. The average Bonchev–Trinajstić information content (AvgIpc) is 1.70. The molecule has 5 heteroatoms. The van der Waals surface area contributed by atoms with Gasteiger partial charge in [0.05, 0.1) is 0 Å². The van der Waals surface area contributed by atoms with Crippen LogP contribution in [0.1, 0.15) is 20.8 Å². The maximum Gasteiger partial charge on any atom is 1.00 e. The van der Waals surface area contributed by atoms with Crippen molar-refractivity contribution in [3.8, 4) is 0 Å². The van der Waals surface area contributed by atoms with Crippen LogP contribution < -0.4 is 18.9 Å². The molecule has 0 aliphatic rings. The van der Waals surface area contributed by atoms with Gasteiger partial charge in [-0.25, -0.2) is 0 Å². The summed E-state index contributed by atoms with van der Waals surface area (Å²) in [6.07, 6.45) is 0. The molecule has 0 aliphatic heterocycles. The SMILES string of the molecule is CC(C)(C)OC(=O)[C-]([Si](C)(C)C)[Si](C)(C)C.[Li+]. The minimum absolute atomic E-state index is 0. The van der Waals surface area contributed by atoms with Crippen molar-refractivity contribution in [3.05, 3.63) is 5.16 Å². The van der Waals surface area contributed by atoms with E-state index in [1.807, 2.05) is 20.8 Å². The molecule has 0 unspecified atom stereocenters. The van der Waals surface area contributed by atoms with Crippen molar-refractivity contribution < 1.29 is 28.4 Å². The summed E-state index contributed by atoms with van der Waals surface area (Å²) in [6.45, 7) is 19.1. The van der Waals surface area contributed by atoms with Gasteiger partial charge in [-0.3, -0.25) is 9.96 Å². The third-order valence-corrected chi connectivity index (χ3v) is 10.0. The standard InChI is InChI=1S/C12H27O2Si2.Li/c1-12(2,3)14-10(13)11(15(4,5)6)16(7,8)9;/h1-9H3;/q-1;+1. The maximum absolute atomic E-state index is 12.3. The number of hydrogen-bond donors (Lipinski definition) is 0. The summed E-state index contributed by atoms with van der Waals surface area (Å²) in [4.78, 5) is 12.3. The van der Waals surface area contributed by atoms with Crippen molar-refractivity contribution in [1.82, 2.24) is 0 Å². The largest absolute Gasteiger partial charge is 1.00 e. The Morgan fingerprint density at radius 2 is 1.24 bits per heavy atom. The van der Waals surface area contributed by atoms with Crippen molar-refractivity contribution in [2.75, 3.05) is 0 Å². The smallest absolute Gasteiger partial charge is 0.483 e. The van der Waals surface area contributed by atoms with E-state index in [-0.39, 0.29) is 30.4 Å². The van der Waals surface area contributed by atoms with E-state index in [0.717, 1.165) is 5.16 Å². The molecular weight excluding hydrogens is 239 g/mol. The molecule has 0 spiro atoms. The molecule has 0 amide bonds. The molecule has 0 N–H and O–H groups in total. The fourth-order valence-electron chi connectivity index (χ4n) is 2.07. The summed E-state index contributed by atoms with van der Waals surface area (Å²) in [6, 6.07) is 0. The summed E-state index contributed by atoms with van der Waals surface area (Å²) in [5, 5.41) is 1.12. The van der Waals surface area contributed by atoms with Gasteiger partial charge in [-0.2, -0.15) is 0 Å². The zero-order chi connectivity index (χ0) is 13.4. The Kier molecular flexibility index (Phi) is 6.97. The molecule has 2 nitrogen and oxygen atoms in total. The Morgan fingerprint density at radius 1 is 0.941 bits per heavy atom. The van der Waals surface area contributed by atoms with Gasteiger partial charge in [0.15, 0.2) is 5.97 Å². The van der Waals surface area contributed by atoms with E-state index in [4.69, 9.17) is 4.74 Å². The van der Waals surface area contributed by atoms with E-state index in [0.29, 0.717) is 0 Å². The summed E-state index contributed by atoms with van der Waals surface area (Å²) >= 11 is 0. The second kappa shape index (κ2) is 6.01. The van der Waals surface area contributed by atoms with Crippen molar-refractivity contribution in [3.63, 3.8) is 0 Å². The van der Waals surface area contributed by atoms with Gasteiger partial charge >= 0.3 is 18.9 Å². The van der Waals surface area contributed by atoms with Gasteiger partial charge in [0, 0.05) is 0 Å². The van der Waals surface area contributed by atoms with Crippen LogP contribution in [0.4, 0.5) is 0 Å². The Balaban J connectivity index is 0. The molecule has 0 bridgehead atoms. The molecular formula is C12H27LiO2Si2. The van der Waals surface area contributed by atoms with Crippen LogP contribution in [-0.4, -0.2) is 27.7 Å². The van der Waals surface area contributed by atoms with Crippen molar-refractivity contribution in [2.45, 2.75) is 65.7 Å². The topological polar surface area (TPSA) is 26.3 Å². The summed E-state index contributed by atoms with van der Waals surface area (Å²) in [7, 11) is -3.16. The van der Waals surface area contributed by atoms with Crippen LogP contribution in [0.5, 0.6) is 0 Å². The Labute approximate surface area is 121 Å². The summed E-state index contributed by atoms with van der Waals surface area (Å²) < 4.78 is 5.55. The van der Waals surface area contributed by atoms with Crippen molar-refractivity contribution >= 4 is 22.1 Å². The molecule has 0 saturated carbocycles. The fourth-order valence-corrected chi connectivity index (χ4v) is 12.4. The molecule has 96 valence electrons. The number of rotatable bonds is 3. The van der Waals surface area contributed by atoms with Crippen LogP contribution in [0.2, 0.25) is 39.3 Å². The second-order valence-corrected chi connectivity index (χ2v) is 17.9. The molecule has 0 saturated heterocycles. The average molecular weight is 266 g/mol. The van der Waals surface area contributed by atoms with Crippen molar-refractivity contribution in [2.24, 2.45) is 0 Å². The molecule has 0 aromatic heterocycles. The van der Waals surface area contributed by atoms with E-state index in [1.165, 1.54) is 0 Å². The fraction of sp³-hybridized carbons (Fsp3) is 0.833. The third-order valence-electron chi connectivity index (χ3n) is 2.10. The molecule has 17 heavy (non-hydrogen) atoms. The molecule has 0 aromatic rings. The first-order valence-electron chi connectivity index (χ1n) is 5.86. The zero-order valence-corrected chi connectivity index (χ0v) is 15.3. The van der Waals surface area contributed by atoms with Crippen LogP contribution >= 0.6 is 0 Å². The molecule has 0 aliphatic carbocycles. The second-order valence-electron chi connectivity index (χ2n) is 7.38. The van der Waals surface area contributed by atoms with Crippen LogP contribution in [0.15, 0.2) is 0 Å². The maximum atomic E-state index is 12.3. The number of carbonyl (C=O) groups excluding carboxylic acids is 1. The molecule has 0 heterocycles. The van der Waals surface area contributed by atoms with Gasteiger partial charge in [0.1, 0.15) is 5.60 Å². The van der Waals surface area contributed by atoms with Gasteiger partial charge in [-0.1, -0.05) is 55.4 Å². The number of carbonyl (C=O) groups is 1. The zero-order valence-electron chi connectivity index (χ0n) is 13.3. The molecule has 0 atom stereocenters. The number of esters is 1. The van der Waals surface area contributed by atoms with Gasteiger partial charge in [-0.05, 0) is 20.8 Å². The van der Waals surface area contributed by atoms with E-state index in [9.17, 15) is 4.79 Å². The van der Waals surface area contributed by atoms with Crippen LogP contribution in [0, 0.1) is 5.16 Å². The molecule has 0 radical (unpaired) electrons. The predicted octanol–water partition coefficient (Wildman–Crippen LogP) is 0.661.